The van der Waals surface area contributed by atoms with Gasteiger partial charge in [0, 0.05) is 12.3 Å². The second-order valence-corrected chi connectivity index (χ2v) is 8.16. The molecular formula is C22H34N3O7P. The molecule has 184 valence electrons. The third-order valence-corrected chi connectivity index (χ3v) is 5.03. The molecular weight excluding hydrogens is 449 g/mol. The van der Waals surface area contributed by atoms with Crippen molar-refractivity contribution in [2.45, 2.75) is 65.5 Å². The fraction of sp³-hybridized carbons (Fsp3) is 0.500. The number of hydrogen-bond acceptors (Lipinski definition) is 8. The average Bonchev–Trinajstić information content (AvgIpc) is 2.76. The van der Waals surface area contributed by atoms with E-state index in [-0.39, 0.29) is 27.1 Å². The summed E-state index contributed by atoms with van der Waals surface area (Å²) in [4.78, 5) is 36.7. The standard InChI is InChI=1S/C16H28N3O6P.C6H6O/c1-6-13(9-23-26-18-11(4)15(21)24-10(2)3)25-12(5)19-8-7-14(20)17-16(19)22;7-6-4-2-1-3-5-6/h7-8,10-13,18,26H,6,9H2,1-5H3,(H,17,20,22);1-5,7H. The lowest BCUT2D eigenvalue weighted by atomic mass is 10.3. The van der Waals surface area contributed by atoms with Crippen LogP contribution in [0.4, 0.5) is 0 Å². The molecule has 1 aromatic carbocycles. The maximum atomic E-state index is 11.8. The van der Waals surface area contributed by atoms with E-state index < -0.39 is 23.5 Å². The highest BCUT2D eigenvalue weighted by Crippen LogP contribution is 2.15. The largest absolute Gasteiger partial charge is 0.508 e. The van der Waals surface area contributed by atoms with E-state index in [0.29, 0.717) is 18.8 Å². The molecule has 0 aliphatic rings. The zero-order chi connectivity index (χ0) is 24.8. The number of para-hydroxylation sites is 1. The topological polar surface area (TPSA) is 132 Å². The minimum atomic E-state index is -0.552. The second-order valence-electron chi connectivity index (χ2n) is 7.38. The summed E-state index contributed by atoms with van der Waals surface area (Å²) in [6, 6.07) is 9.52. The lowest BCUT2D eigenvalue weighted by Crippen LogP contribution is -2.34. The Kier molecular flexibility index (Phi) is 13.3. The molecule has 2 aromatic rings. The first kappa shape index (κ1) is 28.5. The number of aromatic hydroxyl groups is 1. The van der Waals surface area contributed by atoms with Gasteiger partial charge in [-0.25, -0.2) is 4.79 Å². The molecule has 0 spiro atoms. The first-order valence-electron chi connectivity index (χ1n) is 10.7. The van der Waals surface area contributed by atoms with Gasteiger partial charge in [0.15, 0.2) is 0 Å². The predicted molar refractivity (Wildman–Crippen MR) is 127 cm³/mol. The van der Waals surface area contributed by atoms with E-state index in [1.807, 2.05) is 13.0 Å². The van der Waals surface area contributed by atoms with Crippen LogP contribution in [0.1, 0.15) is 47.3 Å². The maximum absolute atomic E-state index is 11.8. The van der Waals surface area contributed by atoms with Gasteiger partial charge >= 0.3 is 11.7 Å². The predicted octanol–water partition coefficient (Wildman–Crippen LogP) is 2.70. The molecule has 0 saturated heterocycles. The van der Waals surface area contributed by atoms with Gasteiger partial charge in [-0.3, -0.25) is 24.2 Å². The van der Waals surface area contributed by atoms with E-state index >= 15 is 0 Å². The molecule has 4 atom stereocenters. The Morgan fingerprint density at radius 3 is 2.33 bits per heavy atom. The highest BCUT2D eigenvalue weighted by molar-refractivity contribution is 7.29. The van der Waals surface area contributed by atoms with Crippen molar-refractivity contribution in [3.8, 4) is 5.75 Å². The minimum Gasteiger partial charge on any atom is -0.508 e. The number of rotatable bonds is 11. The van der Waals surface area contributed by atoms with Crippen LogP contribution in [0, 0.1) is 0 Å². The summed E-state index contributed by atoms with van der Waals surface area (Å²) in [7, 11) is -0.0901. The normalized spacial score (nSPS) is 13.9. The Balaban J connectivity index is 0.000000657. The minimum absolute atomic E-state index is 0.0901. The number of H-pyrrole nitrogens is 1. The number of nitrogens with zero attached hydrogens (tertiary/aromatic N) is 1. The SMILES string of the molecule is CCC(COPNC(C)C(=O)OC(C)C)OC(C)n1ccc(=O)[nH]c1=O.Oc1ccccc1. The van der Waals surface area contributed by atoms with E-state index in [1.165, 1.54) is 16.8 Å². The number of phenolic OH excluding ortho intramolecular Hbond substituents is 1. The molecule has 33 heavy (non-hydrogen) atoms. The Bertz CT molecular complexity index is 933. The van der Waals surface area contributed by atoms with Crippen molar-refractivity contribution >= 4 is 14.9 Å². The molecule has 3 N–H and O–H groups in total. The van der Waals surface area contributed by atoms with Crippen molar-refractivity contribution in [2.24, 2.45) is 0 Å². The number of carbonyl (C=O) groups is 1. The quantitative estimate of drug-likeness (QED) is 0.253. The van der Waals surface area contributed by atoms with Crippen molar-refractivity contribution in [3.63, 3.8) is 0 Å². The number of nitrogens with one attached hydrogen (secondary N) is 2. The van der Waals surface area contributed by atoms with Gasteiger partial charge in [-0.2, -0.15) is 0 Å². The van der Waals surface area contributed by atoms with Crippen LogP contribution in [0.3, 0.4) is 0 Å². The van der Waals surface area contributed by atoms with Gasteiger partial charge in [0.25, 0.3) is 5.56 Å². The number of benzene rings is 1. The zero-order valence-electron chi connectivity index (χ0n) is 19.6. The fourth-order valence-corrected chi connectivity index (χ4v) is 3.04. The summed E-state index contributed by atoms with van der Waals surface area (Å²) < 4.78 is 17.7. The maximum Gasteiger partial charge on any atom is 0.330 e. The van der Waals surface area contributed by atoms with Crippen molar-refractivity contribution in [3.05, 3.63) is 63.4 Å². The van der Waals surface area contributed by atoms with Crippen molar-refractivity contribution in [1.82, 2.24) is 14.6 Å². The second kappa shape index (κ2) is 15.3. The van der Waals surface area contributed by atoms with Crippen LogP contribution >= 0.6 is 8.96 Å². The van der Waals surface area contributed by atoms with Gasteiger partial charge in [-0.05, 0) is 46.2 Å². The summed E-state index contributed by atoms with van der Waals surface area (Å²) in [6.45, 7) is 9.25. The summed E-state index contributed by atoms with van der Waals surface area (Å²) in [5.41, 5.74) is -0.979. The monoisotopic (exact) mass is 483 g/mol. The average molecular weight is 484 g/mol. The molecule has 10 nitrogen and oxygen atoms in total. The molecule has 0 fully saturated rings. The van der Waals surface area contributed by atoms with Crippen LogP contribution in [-0.2, 0) is 18.8 Å². The van der Waals surface area contributed by atoms with E-state index in [0.717, 1.165) is 0 Å². The lowest BCUT2D eigenvalue weighted by molar-refractivity contribution is -0.148. The van der Waals surface area contributed by atoms with Crippen LogP contribution in [0.15, 0.2) is 52.2 Å². The number of aromatic nitrogens is 2. The molecule has 0 aliphatic heterocycles. The summed E-state index contributed by atoms with van der Waals surface area (Å²) in [6.07, 6.45) is 1.12. The van der Waals surface area contributed by atoms with Crippen LogP contribution in [0.2, 0.25) is 0 Å². The van der Waals surface area contributed by atoms with E-state index in [2.05, 4.69) is 10.1 Å². The van der Waals surface area contributed by atoms with Crippen LogP contribution in [-0.4, -0.2) is 45.5 Å². The Morgan fingerprint density at radius 2 is 1.82 bits per heavy atom. The molecule has 0 amide bonds. The molecule has 0 aliphatic carbocycles. The zero-order valence-corrected chi connectivity index (χ0v) is 20.6. The highest BCUT2D eigenvalue weighted by atomic mass is 31.1. The lowest BCUT2D eigenvalue weighted by Gasteiger charge is -2.23. The molecule has 0 bridgehead atoms. The molecule has 1 heterocycles. The van der Waals surface area contributed by atoms with Gasteiger partial charge in [0.1, 0.15) is 18.0 Å². The molecule has 0 saturated carbocycles. The first-order chi connectivity index (χ1) is 15.6. The van der Waals surface area contributed by atoms with Crippen molar-refractivity contribution < 1.29 is 23.9 Å². The van der Waals surface area contributed by atoms with E-state index in [9.17, 15) is 14.4 Å². The summed E-state index contributed by atoms with van der Waals surface area (Å²) in [5.74, 6) is -0.00652. The fourth-order valence-electron chi connectivity index (χ4n) is 2.40. The van der Waals surface area contributed by atoms with Crippen molar-refractivity contribution in [1.29, 1.82) is 0 Å². The Labute approximate surface area is 195 Å². The number of ether oxygens (including phenoxy) is 2. The van der Waals surface area contributed by atoms with Gasteiger partial charge in [-0.1, -0.05) is 25.1 Å². The number of esters is 1. The number of aromatic amines is 1. The van der Waals surface area contributed by atoms with E-state index in [4.69, 9.17) is 19.1 Å². The number of carbonyl (C=O) groups excluding carboxylic acids is 1. The van der Waals surface area contributed by atoms with Gasteiger partial charge in [0.2, 0.25) is 0 Å². The molecule has 0 radical (unpaired) electrons. The molecule has 2 rings (SSSR count). The molecule has 1 aromatic heterocycles. The Morgan fingerprint density at radius 1 is 1.15 bits per heavy atom. The smallest absolute Gasteiger partial charge is 0.330 e. The number of phenols is 1. The molecule has 11 heteroatoms. The van der Waals surface area contributed by atoms with Crippen molar-refractivity contribution in [2.75, 3.05) is 6.61 Å². The van der Waals surface area contributed by atoms with E-state index in [1.54, 1.807) is 52.0 Å². The van der Waals surface area contributed by atoms with Gasteiger partial charge in [-0.15, -0.1) is 0 Å². The van der Waals surface area contributed by atoms with Crippen LogP contribution < -0.4 is 16.3 Å². The van der Waals surface area contributed by atoms with Gasteiger partial charge < -0.3 is 19.1 Å². The Hall–Kier alpha value is -2.52. The highest BCUT2D eigenvalue weighted by Gasteiger charge is 2.17. The summed E-state index contributed by atoms with van der Waals surface area (Å²) >= 11 is 0. The third kappa shape index (κ3) is 11.8. The van der Waals surface area contributed by atoms with Gasteiger partial charge in [0.05, 0.1) is 27.8 Å². The number of hydrogen-bond donors (Lipinski definition) is 3. The first-order valence-corrected chi connectivity index (χ1v) is 11.6. The van der Waals surface area contributed by atoms with Crippen LogP contribution in [0.25, 0.3) is 0 Å². The van der Waals surface area contributed by atoms with Crippen LogP contribution in [0.5, 0.6) is 5.75 Å². The summed E-state index contributed by atoms with van der Waals surface area (Å²) in [5, 5.41) is 11.6. The third-order valence-electron chi connectivity index (χ3n) is 4.17. The molecule has 4 unspecified atom stereocenters.